The third-order valence-corrected chi connectivity index (χ3v) is 2.22. The van der Waals surface area contributed by atoms with Gasteiger partial charge >= 0.3 is 5.97 Å². The van der Waals surface area contributed by atoms with Crippen molar-refractivity contribution in [3.8, 4) is 0 Å². The number of carbonyl (C=O) groups is 1. The SMILES string of the molecule is CC1(C(=O)O)CCCC1.[Zn]. The van der Waals surface area contributed by atoms with E-state index in [0.29, 0.717) is 0 Å². The zero-order chi connectivity index (χ0) is 6.91. The van der Waals surface area contributed by atoms with Crippen LogP contribution in [0.2, 0.25) is 0 Å². The summed E-state index contributed by atoms with van der Waals surface area (Å²) in [6.45, 7) is 1.84. The minimum atomic E-state index is -0.625. The van der Waals surface area contributed by atoms with Gasteiger partial charge in [-0.05, 0) is 19.8 Å². The van der Waals surface area contributed by atoms with Gasteiger partial charge in [-0.3, -0.25) is 4.79 Å². The molecule has 0 atom stereocenters. The second-order valence-electron chi connectivity index (χ2n) is 3.07. The third-order valence-electron chi connectivity index (χ3n) is 2.22. The van der Waals surface area contributed by atoms with Crippen LogP contribution >= 0.6 is 0 Å². The summed E-state index contributed by atoms with van der Waals surface area (Å²) in [6.07, 6.45) is 3.90. The monoisotopic (exact) mass is 192 g/mol. The molecule has 1 fully saturated rings. The van der Waals surface area contributed by atoms with Crippen molar-refractivity contribution in [2.45, 2.75) is 32.6 Å². The Morgan fingerprint density at radius 3 is 2.00 bits per heavy atom. The molecule has 10 heavy (non-hydrogen) atoms. The summed E-state index contributed by atoms with van der Waals surface area (Å²) < 4.78 is 0. The number of carboxylic acid groups (broad SMARTS) is 1. The molecule has 0 amide bonds. The van der Waals surface area contributed by atoms with Crippen LogP contribution in [0.3, 0.4) is 0 Å². The van der Waals surface area contributed by atoms with Crippen LogP contribution in [0.4, 0.5) is 0 Å². The largest absolute Gasteiger partial charge is 0.481 e. The standard InChI is InChI=1S/C7H12O2.Zn/c1-7(6(8)9)4-2-3-5-7;/h2-5H2,1H3,(H,8,9);. The average molecular weight is 194 g/mol. The summed E-state index contributed by atoms with van der Waals surface area (Å²) in [5.74, 6) is -0.625. The molecule has 0 aliphatic heterocycles. The quantitative estimate of drug-likeness (QED) is 0.643. The number of hydrogen-bond donors (Lipinski definition) is 1. The fourth-order valence-corrected chi connectivity index (χ4v) is 1.37. The molecule has 0 bridgehead atoms. The van der Waals surface area contributed by atoms with Crippen LogP contribution in [0.1, 0.15) is 32.6 Å². The number of rotatable bonds is 1. The van der Waals surface area contributed by atoms with E-state index in [9.17, 15) is 4.79 Å². The van der Waals surface area contributed by atoms with Crippen molar-refractivity contribution in [1.82, 2.24) is 0 Å². The van der Waals surface area contributed by atoms with Crippen LogP contribution in [0.25, 0.3) is 0 Å². The van der Waals surface area contributed by atoms with Crippen LogP contribution in [-0.4, -0.2) is 11.1 Å². The van der Waals surface area contributed by atoms with Gasteiger partial charge in [0.1, 0.15) is 0 Å². The molecule has 1 rings (SSSR count). The van der Waals surface area contributed by atoms with E-state index in [1.54, 1.807) is 0 Å². The minimum Gasteiger partial charge on any atom is -0.481 e. The second-order valence-corrected chi connectivity index (χ2v) is 3.07. The average Bonchev–Trinajstić information content (AvgIpc) is 2.16. The van der Waals surface area contributed by atoms with E-state index in [1.807, 2.05) is 6.92 Å². The molecule has 1 saturated carbocycles. The Morgan fingerprint density at radius 2 is 1.80 bits per heavy atom. The molecular formula is C7H12O2Zn. The van der Waals surface area contributed by atoms with Crippen molar-refractivity contribution in [1.29, 1.82) is 0 Å². The Hall–Kier alpha value is 0.0934. The fraction of sp³-hybridized carbons (Fsp3) is 0.857. The van der Waals surface area contributed by atoms with Crippen molar-refractivity contribution >= 4 is 5.97 Å². The van der Waals surface area contributed by atoms with E-state index in [0.717, 1.165) is 25.7 Å². The Morgan fingerprint density at radius 1 is 1.40 bits per heavy atom. The zero-order valence-electron chi connectivity index (χ0n) is 6.39. The van der Waals surface area contributed by atoms with Crippen LogP contribution in [0, 0.1) is 5.41 Å². The van der Waals surface area contributed by atoms with Gasteiger partial charge in [0.05, 0.1) is 5.41 Å². The van der Waals surface area contributed by atoms with Crippen molar-refractivity contribution < 1.29 is 29.4 Å². The van der Waals surface area contributed by atoms with Crippen LogP contribution in [0.15, 0.2) is 0 Å². The summed E-state index contributed by atoms with van der Waals surface area (Å²) in [5, 5.41) is 8.67. The number of aliphatic carboxylic acids is 1. The Balaban J connectivity index is 0.000000810. The molecule has 0 aromatic rings. The Bertz CT molecular complexity index is 128. The maximum absolute atomic E-state index is 10.5. The van der Waals surface area contributed by atoms with Crippen LogP contribution in [-0.2, 0) is 24.3 Å². The van der Waals surface area contributed by atoms with Gasteiger partial charge in [-0.1, -0.05) is 12.8 Å². The molecule has 54 valence electrons. The molecule has 0 unspecified atom stereocenters. The molecule has 0 aromatic heterocycles. The van der Waals surface area contributed by atoms with Crippen molar-refractivity contribution in [2.75, 3.05) is 0 Å². The van der Waals surface area contributed by atoms with Gasteiger partial charge in [0.2, 0.25) is 0 Å². The topological polar surface area (TPSA) is 37.3 Å². The molecule has 2 nitrogen and oxygen atoms in total. The van der Waals surface area contributed by atoms with E-state index in [1.165, 1.54) is 0 Å². The zero-order valence-corrected chi connectivity index (χ0v) is 9.36. The maximum atomic E-state index is 10.5. The van der Waals surface area contributed by atoms with Gasteiger partial charge in [0, 0.05) is 19.5 Å². The molecule has 1 aliphatic carbocycles. The molecule has 0 aromatic carbocycles. The van der Waals surface area contributed by atoms with Crippen LogP contribution in [0.5, 0.6) is 0 Å². The predicted octanol–water partition coefficient (Wildman–Crippen LogP) is 1.65. The van der Waals surface area contributed by atoms with Crippen molar-refractivity contribution in [3.05, 3.63) is 0 Å². The summed E-state index contributed by atoms with van der Waals surface area (Å²) in [6, 6.07) is 0. The first-order chi connectivity index (χ1) is 4.15. The smallest absolute Gasteiger partial charge is 0.309 e. The first kappa shape index (κ1) is 10.1. The molecule has 0 saturated heterocycles. The van der Waals surface area contributed by atoms with E-state index >= 15 is 0 Å². The van der Waals surface area contributed by atoms with E-state index in [4.69, 9.17) is 5.11 Å². The molecule has 0 heterocycles. The van der Waals surface area contributed by atoms with E-state index in [-0.39, 0.29) is 24.9 Å². The van der Waals surface area contributed by atoms with Gasteiger partial charge in [-0.25, -0.2) is 0 Å². The van der Waals surface area contributed by atoms with Crippen molar-refractivity contribution in [2.24, 2.45) is 5.41 Å². The van der Waals surface area contributed by atoms with Gasteiger partial charge in [-0.2, -0.15) is 0 Å². The number of carboxylic acids is 1. The van der Waals surface area contributed by atoms with E-state index < -0.39 is 5.97 Å². The summed E-state index contributed by atoms with van der Waals surface area (Å²) in [5.41, 5.74) is -0.389. The van der Waals surface area contributed by atoms with Gasteiger partial charge in [0.25, 0.3) is 0 Å². The van der Waals surface area contributed by atoms with E-state index in [2.05, 4.69) is 0 Å². The molecule has 0 spiro atoms. The maximum Gasteiger partial charge on any atom is 0.309 e. The van der Waals surface area contributed by atoms with Gasteiger partial charge < -0.3 is 5.11 Å². The molecule has 3 heteroatoms. The Labute approximate surface area is 73.8 Å². The summed E-state index contributed by atoms with van der Waals surface area (Å²) in [4.78, 5) is 10.5. The van der Waals surface area contributed by atoms with Gasteiger partial charge in [0.15, 0.2) is 0 Å². The first-order valence-electron chi connectivity index (χ1n) is 3.38. The fourth-order valence-electron chi connectivity index (χ4n) is 1.37. The normalized spacial score (nSPS) is 21.7. The number of hydrogen-bond acceptors (Lipinski definition) is 1. The summed E-state index contributed by atoms with van der Waals surface area (Å²) >= 11 is 0. The third kappa shape index (κ3) is 1.79. The second kappa shape index (κ2) is 3.47. The predicted molar refractivity (Wildman–Crippen MR) is 34.2 cm³/mol. The Kier molecular flexibility index (Phi) is 3.51. The summed E-state index contributed by atoms with van der Waals surface area (Å²) in [7, 11) is 0. The molecule has 0 radical (unpaired) electrons. The minimum absolute atomic E-state index is 0. The molecular weight excluding hydrogens is 181 g/mol. The van der Waals surface area contributed by atoms with Crippen molar-refractivity contribution in [3.63, 3.8) is 0 Å². The van der Waals surface area contributed by atoms with Crippen LogP contribution < -0.4 is 0 Å². The molecule has 1 aliphatic rings. The molecule has 1 N–H and O–H groups in total. The first-order valence-corrected chi connectivity index (χ1v) is 3.38. The van der Waals surface area contributed by atoms with Gasteiger partial charge in [-0.15, -0.1) is 0 Å².